The van der Waals surface area contributed by atoms with E-state index in [1.807, 2.05) is 12.1 Å². The molecule has 0 aliphatic carbocycles. The Kier molecular flexibility index (Phi) is 3.40. The first-order chi connectivity index (χ1) is 9.22. The van der Waals surface area contributed by atoms with E-state index in [2.05, 4.69) is 10.5 Å². The van der Waals surface area contributed by atoms with Crippen LogP contribution in [0.5, 0.6) is 5.75 Å². The van der Waals surface area contributed by atoms with Crippen molar-refractivity contribution in [3.05, 3.63) is 28.8 Å². The summed E-state index contributed by atoms with van der Waals surface area (Å²) < 4.78 is 10.6. The lowest BCUT2D eigenvalue weighted by atomic mass is 10.0. The van der Waals surface area contributed by atoms with Gasteiger partial charge >= 0.3 is 0 Å². The van der Waals surface area contributed by atoms with Crippen LogP contribution >= 0.6 is 11.6 Å². The van der Waals surface area contributed by atoms with Gasteiger partial charge in [-0.3, -0.25) is 4.79 Å². The predicted octanol–water partition coefficient (Wildman–Crippen LogP) is 1.73. The molecule has 0 saturated carbocycles. The van der Waals surface area contributed by atoms with Gasteiger partial charge in [0.05, 0.1) is 17.3 Å². The van der Waals surface area contributed by atoms with Crippen molar-refractivity contribution in [2.24, 2.45) is 5.10 Å². The van der Waals surface area contributed by atoms with Gasteiger partial charge in [0.15, 0.2) is 0 Å². The molecule has 1 amide bonds. The van der Waals surface area contributed by atoms with E-state index in [1.165, 1.54) is 0 Å². The van der Waals surface area contributed by atoms with Crippen LogP contribution in [0, 0.1) is 0 Å². The number of carbonyl (C=O) groups is 1. The van der Waals surface area contributed by atoms with Crippen LogP contribution in [0.1, 0.15) is 18.4 Å². The van der Waals surface area contributed by atoms with E-state index in [9.17, 15) is 4.79 Å². The van der Waals surface area contributed by atoms with Crippen molar-refractivity contribution in [1.29, 1.82) is 0 Å². The second-order valence-corrected chi connectivity index (χ2v) is 4.91. The highest BCUT2D eigenvalue weighted by atomic mass is 35.5. The van der Waals surface area contributed by atoms with Crippen LogP contribution in [0.2, 0.25) is 5.02 Å². The van der Waals surface area contributed by atoms with Gasteiger partial charge in [0.1, 0.15) is 18.5 Å². The van der Waals surface area contributed by atoms with Gasteiger partial charge in [-0.05, 0) is 23.8 Å². The minimum Gasteiger partial charge on any atom is -0.489 e. The molecular weight excluding hydrogens is 268 g/mol. The van der Waals surface area contributed by atoms with Gasteiger partial charge in [-0.1, -0.05) is 11.6 Å². The third kappa shape index (κ3) is 3.05. The van der Waals surface area contributed by atoms with Crippen molar-refractivity contribution in [3.8, 4) is 5.75 Å². The molecule has 1 atom stereocenters. The lowest BCUT2D eigenvalue weighted by Gasteiger charge is -2.13. The van der Waals surface area contributed by atoms with Crippen LogP contribution in [0.15, 0.2) is 23.3 Å². The number of carbonyl (C=O) groups excluding carboxylic acids is 1. The summed E-state index contributed by atoms with van der Waals surface area (Å²) in [4.78, 5) is 11.0. The van der Waals surface area contributed by atoms with Crippen LogP contribution in [0.4, 0.5) is 0 Å². The number of halogens is 1. The average Bonchev–Trinajstić information content (AvgIpc) is 3.22. The number of ether oxygens (including phenoxy) is 2. The predicted molar refractivity (Wildman–Crippen MR) is 70.6 cm³/mol. The van der Waals surface area contributed by atoms with Gasteiger partial charge < -0.3 is 9.47 Å². The highest BCUT2D eigenvalue weighted by Crippen LogP contribution is 2.27. The van der Waals surface area contributed by atoms with E-state index in [0.717, 1.165) is 17.9 Å². The number of hydrogen-bond donors (Lipinski definition) is 1. The van der Waals surface area contributed by atoms with Crippen LogP contribution in [-0.2, 0) is 9.53 Å². The molecule has 0 aromatic heterocycles. The van der Waals surface area contributed by atoms with Gasteiger partial charge in [-0.2, -0.15) is 5.10 Å². The normalized spacial score (nSPS) is 21.6. The summed E-state index contributed by atoms with van der Waals surface area (Å²) in [6, 6.07) is 5.52. The molecule has 2 heterocycles. The van der Waals surface area contributed by atoms with Crippen molar-refractivity contribution in [2.45, 2.75) is 18.9 Å². The number of hydrazone groups is 1. The maximum Gasteiger partial charge on any atom is 0.240 e. The number of hydrogen-bond acceptors (Lipinski definition) is 4. The molecule has 2 aliphatic heterocycles. The van der Waals surface area contributed by atoms with Crippen LogP contribution in [-0.4, -0.2) is 30.9 Å². The summed E-state index contributed by atoms with van der Waals surface area (Å²) in [5.74, 6) is 0.584. The fraction of sp³-hybridized carbons (Fsp3) is 0.385. The highest BCUT2D eigenvalue weighted by Gasteiger charge is 2.23. The zero-order chi connectivity index (χ0) is 13.2. The van der Waals surface area contributed by atoms with Crippen molar-refractivity contribution < 1.29 is 14.3 Å². The summed E-state index contributed by atoms with van der Waals surface area (Å²) in [5.41, 5.74) is 4.21. The highest BCUT2D eigenvalue weighted by molar-refractivity contribution is 6.32. The number of benzene rings is 1. The van der Waals surface area contributed by atoms with Crippen molar-refractivity contribution >= 4 is 23.2 Å². The molecule has 100 valence electrons. The van der Waals surface area contributed by atoms with E-state index in [1.54, 1.807) is 6.07 Å². The number of nitrogens with zero attached hydrogens (tertiary/aromatic N) is 1. The average molecular weight is 281 g/mol. The fourth-order valence-electron chi connectivity index (χ4n) is 1.83. The lowest BCUT2D eigenvalue weighted by molar-refractivity contribution is -0.121. The lowest BCUT2D eigenvalue weighted by Crippen LogP contribution is -2.25. The molecule has 19 heavy (non-hydrogen) atoms. The first-order valence-electron chi connectivity index (χ1n) is 6.12. The molecule has 2 aliphatic rings. The second-order valence-electron chi connectivity index (χ2n) is 4.51. The molecule has 1 N–H and O–H groups in total. The van der Waals surface area contributed by atoms with E-state index >= 15 is 0 Å². The molecule has 1 aromatic carbocycles. The first kappa shape index (κ1) is 12.4. The third-order valence-corrected chi connectivity index (χ3v) is 3.29. The molecule has 1 unspecified atom stereocenters. The van der Waals surface area contributed by atoms with E-state index in [0.29, 0.717) is 30.2 Å². The standard InChI is InChI=1S/C13H13ClN2O3/c14-10-5-8(11-2-4-13(17)16-15-11)1-3-12(10)19-7-9-6-18-9/h1,3,5,9H,2,4,6-7H2,(H,16,17). The van der Waals surface area contributed by atoms with Crippen molar-refractivity contribution in [1.82, 2.24) is 5.43 Å². The summed E-state index contributed by atoms with van der Waals surface area (Å²) >= 11 is 6.17. The number of epoxide rings is 1. The van der Waals surface area contributed by atoms with Gasteiger partial charge in [0.25, 0.3) is 0 Å². The van der Waals surface area contributed by atoms with Crippen LogP contribution in [0.3, 0.4) is 0 Å². The Balaban J connectivity index is 1.72. The zero-order valence-corrected chi connectivity index (χ0v) is 10.9. The second kappa shape index (κ2) is 5.19. The molecule has 0 radical (unpaired) electrons. The number of amides is 1. The van der Waals surface area contributed by atoms with E-state index in [4.69, 9.17) is 21.1 Å². The van der Waals surface area contributed by atoms with Crippen molar-refractivity contribution in [3.63, 3.8) is 0 Å². The Hall–Kier alpha value is -1.59. The third-order valence-electron chi connectivity index (χ3n) is 3.00. The quantitative estimate of drug-likeness (QED) is 0.855. The molecule has 0 bridgehead atoms. The Morgan fingerprint density at radius 1 is 1.47 bits per heavy atom. The Morgan fingerprint density at radius 3 is 2.95 bits per heavy atom. The monoisotopic (exact) mass is 280 g/mol. The minimum absolute atomic E-state index is 0.0563. The molecule has 1 aromatic rings. The maximum atomic E-state index is 11.0. The zero-order valence-electron chi connectivity index (χ0n) is 10.2. The molecule has 0 spiro atoms. The summed E-state index contributed by atoms with van der Waals surface area (Å²) in [5, 5.41) is 4.57. The summed E-state index contributed by atoms with van der Waals surface area (Å²) in [6.45, 7) is 1.28. The van der Waals surface area contributed by atoms with Crippen molar-refractivity contribution in [2.75, 3.05) is 13.2 Å². The molecule has 5 nitrogen and oxygen atoms in total. The Labute approximate surface area is 115 Å². The van der Waals surface area contributed by atoms with Crippen LogP contribution in [0.25, 0.3) is 0 Å². The Morgan fingerprint density at radius 2 is 2.32 bits per heavy atom. The summed E-state index contributed by atoms with van der Waals surface area (Å²) in [7, 11) is 0. The maximum absolute atomic E-state index is 11.0. The van der Waals surface area contributed by atoms with Crippen LogP contribution < -0.4 is 10.2 Å². The molecule has 1 saturated heterocycles. The number of nitrogens with one attached hydrogen (secondary N) is 1. The topological polar surface area (TPSA) is 63.2 Å². The fourth-order valence-corrected chi connectivity index (χ4v) is 2.06. The van der Waals surface area contributed by atoms with Gasteiger partial charge in [0.2, 0.25) is 5.91 Å². The summed E-state index contributed by atoms with van der Waals surface area (Å²) in [6.07, 6.45) is 1.28. The SMILES string of the molecule is O=C1CCC(c2ccc(OCC3CO3)c(Cl)c2)=NN1. The minimum atomic E-state index is -0.0563. The molecule has 1 fully saturated rings. The van der Waals surface area contributed by atoms with E-state index < -0.39 is 0 Å². The number of rotatable bonds is 4. The molecule has 6 heteroatoms. The van der Waals surface area contributed by atoms with E-state index in [-0.39, 0.29) is 12.0 Å². The Bertz CT molecular complexity index is 541. The van der Waals surface area contributed by atoms with Gasteiger partial charge in [0, 0.05) is 12.8 Å². The molecular formula is C13H13ClN2O3. The smallest absolute Gasteiger partial charge is 0.240 e. The largest absolute Gasteiger partial charge is 0.489 e. The molecule has 3 rings (SSSR count). The first-order valence-corrected chi connectivity index (χ1v) is 6.50. The van der Waals surface area contributed by atoms with Gasteiger partial charge in [-0.25, -0.2) is 5.43 Å². The van der Waals surface area contributed by atoms with Gasteiger partial charge in [-0.15, -0.1) is 0 Å².